The number of nitrogens with one attached hydrogen (secondary N) is 1. The van der Waals surface area contributed by atoms with Gasteiger partial charge in [-0.25, -0.2) is 0 Å². The van der Waals surface area contributed by atoms with Gasteiger partial charge in [-0.15, -0.1) is 0 Å². The zero-order valence-corrected chi connectivity index (χ0v) is 12.5. The first-order valence-corrected chi connectivity index (χ1v) is 12.0. The van der Waals surface area contributed by atoms with E-state index in [2.05, 4.69) is 52.4 Å². The number of hydrogen-bond acceptors (Lipinski definition) is 1. The van der Waals surface area contributed by atoms with Gasteiger partial charge in [0.1, 0.15) is 0 Å². The molecule has 0 aliphatic heterocycles. The monoisotopic (exact) mass is 217 g/mol. The minimum Gasteiger partial charge on any atom is -0.322 e. The zero-order chi connectivity index (χ0) is 10.7. The van der Waals surface area contributed by atoms with Crippen molar-refractivity contribution in [2.24, 2.45) is 0 Å². The summed E-state index contributed by atoms with van der Waals surface area (Å²) < 4.78 is 0. The molecule has 0 saturated heterocycles. The molecule has 0 saturated carbocycles. The van der Waals surface area contributed by atoms with Crippen molar-refractivity contribution in [3.05, 3.63) is 0 Å². The number of hydrogen-bond donors (Lipinski definition) is 1. The van der Waals surface area contributed by atoms with Gasteiger partial charge < -0.3 is 5.32 Å². The third-order valence-corrected chi connectivity index (χ3v) is 15.9. The first-order valence-electron chi connectivity index (χ1n) is 5.42. The Bertz CT molecular complexity index is 153. The molecule has 0 aliphatic rings. The summed E-state index contributed by atoms with van der Waals surface area (Å²) in [7, 11) is 0.151. The van der Waals surface area contributed by atoms with E-state index in [1.807, 2.05) is 0 Å². The maximum Gasteiger partial charge on any atom is 0.0656 e. The Morgan fingerprint density at radius 2 is 1.62 bits per heavy atom. The van der Waals surface area contributed by atoms with Crippen LogP contribution in [0.2, 0.25) is 37.4 Å². The molecule has 0 fully saturated rings. The second kappa shape index (κ2) is 4.76. The highest BCUT2D eigenvalue weighted by Gasteiger charge is 2.38. The Hall–Kier alpha value is 0.394. The summed E-state index contributed by atoms with van der Waals surface area (Å²) in [5.41, 5.74) is 0. The van der Waals surface area contributed by atoms with Gasteiger partial charge in [0.25, 0.3) is 0 Å². The fraction of sp³-hybridized carbons (Fsp3) is 1.00. The van der Waals surface area contributed by atoms with Crippen LogP contribution in [0.15, 0.2) is 0 Å². The van der Waals surface area contributed by atoms with E-state index in [-0.39, 0.29) is 0 Å². The molecule has 0 bridgehead atoms. The molecule has 0 radical (unpaired) electrons. The highest BCUT2D eigenvalue weighted by Crippen LogP contribution is 2.33. The third-order valence-electron chi connectivity index (χ3n) is 3.73. The van der Waals surface area contributed by atoms with Crippen molar-refractivity contribution < 1.29 is 0 Å². The van der Waals surface area contributed by atoms with Crippen molar-refractivity contribution in [2.45, 2.75) is 51.2 Å². The van der Waals surface area contributed by atoms with Crippen molar-refractivity contribution in [2.75, 3.05) is 13.2 Å². The second-order valence-electron chi connectivity index (χ2n) is 5.63. The van der Waals surface area contributed by atoms with E-state index in [1.54, 1.807) is 0 Å². The summed E-state index contributed by atoms with van der Waals surface area (Å²) in [5.74, 6) is 0. The predicted octanol–water partition coefficient (Wildman–Crippen LogP) is 3.11. The molecule has 0 rings (SSSR count). The van der Waals surface area contributed by atoms with Crippen LogP contribution in [0.3, 0.4) is 0 Å². The fourth-order valence-electron chi connectivity index (χ4n) is 2.03. The van der Waals surface area contributed by atoms with Crippen LogP contribution in [-0.4, -0.2) is 29.4 Å². The third kappa shape index (κ3) is 3.56. The lowest BCUT2D eigenvalue weighted by atomic mass is 10.9. The van der Waals surface area contributed by atoms with Crippen LogP contribution in [0.5, 0.6) is 0 Å². The standard InChI is InChI=1S/C10H27NSi2/c1-8-13(7,9-11-3)10(2)12(4,5)6/h10-11H,8-9H2,1-7H3. The molecule has 1 N–H and O–H groups in total. The minimum absolute atomic E-state index is 0.933. The van der Waals surface area contributed by atoms with Gasteiger partial charge in [-0.05, 0) is 13.2 Å². The molecule has 0 aliphatic carbocycles. The molecule has 0 spiro atoms. The predicted molar refractivity (Wildman–Crippen MR) is 68.8 cm³/mol. The second-order valence-corrected chi connectivity index (χ2v) is 17.0. The van der Waals surface area contributed by atoms with E-state index < -0.39 is 16.1 Å². The molecule has 3 heteroatoms. The van der Waals surface area contributed by atoms with Gasteiger partial charge >= 0.3 is 0 Å². The molecule has 80 valence electrons. The molecule has 0 aromatic rings. The van der Waals surface area contributed by atoms with E-state index >= 15 is 0 Å². The van der Waals surface area contributed by atoms with Gasteiger partial charge in [0.2, 0.25) is 0 Å². The van der Waals surface area contributed by atoms with E-state index in [9.17, 15) is 0 Å². The summed E-state index contributed by atoms with van der Waals surface area (Å²) in [6.07, 6.45) is 1.29. The summed E-state index contributed by atoms with van der Waals surface area (Å²) in [6.45, 7) is 15.0. The molecular formula is C10H27NSi2. The average molecular weight is 218 g/mol. The molecule has 0 aromatic carbocycles. The molecule has 2 unspecified atom stereocenters. The molecular weight excluding hydrogens is 190 g/mol. The van der Waals surface area contributed by atoms with Gasteiger partial charge in [-0.2, -0.15) is 0 Å². The van der Waals surface area contributed by atoms with Gasteiger partial charge in [-0.1, -0.05) is 51.2 Å². The molecule has 0 amide bonds. The van der Waals surface area contributed by atoms with Crippen molar-refractivity contribution >= 4 is 16.1 Å². The van der Waals surface area contributed by atoms with Gasteiger partial charge in [-0.3, -0.25) is 0 Å². The molecule has 2 atom stereocenters. The van der Waals surface area contributed by atoms with Crippen molar-refractivity contribution in [1.82, 2.24) is 5.32 Å². The highest BCUT2D eigenvalue weighted by atomic mass is 28.4. The van der Waals surface area contributed by atoms with Crippen LogP contribution in [-0.2, 0) is 0 Å². The van der Waals surface area contributed by atoms with E-state index in [4.69, 9.17) is 0 Å². The maximum absolute atomic E-state index is 3.40. The van der Waals surface area contributed by atoms with Crippen molar-refractivity contribution in [1.29, 1.82) is 0 Å². The molecule has 0 aromatic heterocycles. The van der Waals surface area contributed by atoms with Crippen LogP contribution in [0, 0.1) is 0 Å². The lowest BCUT2D eigenvalue weighted by Gasteiger charge is -2.40. The Balaban J connectivity index is 4.56. The first kappa shape index (κ1) is 13.4. The summed E-state index contributed by atoms with van der Waals surface area (Å²) in [6, 6.07) is 1.42. The molecule has 1 nitrogen and oxygen atoms in total. The first-order chi connectivity index (χ1) is 5.78. The van der Waals surface area contributed by atoms with Crippen molar-refractivity contribution in [3.63, 3.8) is 0 Å². The van der Waals surface area contributed by atoms with Crippen LogP contribution < -0.4 is 5.32 Å². The Labute approximate surface area is 86.3 Å². The van der Waals surface area contributed by atoms with Crippen LogP contribution in [0.4, 0.5) is 0 Å². The van der Waals surface area contributed by atoms with Gasteiger partial charge in [0, 0.05) is 8.07 Å². The Morgan fingerprint density at radius 3 is 1.85 bits per heavy atom. The average Bonchev–Trinajstić information content (AvgIpc) is 2.02. The SMILES string of the molecule is CC[Si](C)(CNC)C(C)[Si](C)(C)C. The van der Waals surface area contributed by atoms with Crippen LogP contribution >= 0.6 is 0 Å². The topological polar surface area (TPSA) is 12.0 Å². The maximum atomic E-state index is 3.40. The quantitative estimate of drug-likeness (QED) is 0.698. The van der Waals surface area contributed by atoms with E-state index in [0.29, 0.717) is 0 Å². The fourth-order valence-corrected chi connectivity index (χ4v) is 13.3. The number of rotatable bonds is 5. The summed E-state index contributed by atoms with van der Waals surface area (Å²) >= 11 is 0. The van der Waals surface area contributed by atoms with Gasteiger partial charge in [0.05, 0.1) is 8.07 Å². The summed E-state index contributed by atoms with van der Waals surface area (Å²) in [5, 5.41) is 4.41. The smallest absolute Gasteiger partial charge is 0.0656 e. The summed E-state index contributed by atoms with van der Waals surface area (Å²) in [4.78, 5) is 0. The van der Waals surface area contributed by atoms with E-state index in [1.165, 1.54) is 12.2 Å². The van der Waals surface area contributed by atoms with Crippen LogP contribution in [0.25, 0.3) is 0 Å². The molecule has 13 heavy (non-hydrogen) atoms. The zero-order valence-electron chi connectivity index (χ0n) is 10.5. The largest absolute Gasteiger partial charge is 0.322 e. The Kier molecular flexibility index (Phi) is 4.90. The minimum atomic E-state index is -1.01. The van der Waals surface area contributed by atoms with E-state index in [0.717, 1.165) is 5.16 Å². The highest BCUT2D eigenvalue weighted by molar-refractivity contribution is 6.97. The van der Waals surface area contributed by atoms with Gasteiger partial charge in [0.15, 0.2) is 0 Å². The lowest BCUT2D eigenvalue weighted by Crippen LogP contribution is -2.52. The van der Waals surface area contributed by atoms with Crippen LogP contribution in [0.1, 0.15) is 13.8 Å². The Morgan fingerprint density at radius 1 is 1.15 bits per heavy atom. The normalized spacial score (nSPS) is 19.6. The molecule has 0 heterocycles. The lowest BCUT2D eigenvalue weighted by molar-refractivity contribution is 0.912. The van der Waals surface area contributed by atoms with Crippen molar-refractivity contribution in [3.8, 4) is 0 Å².